The summed E-state index contributed by atoms with van der Waals surface area (Å²) in [5.74, 6) is 0.322. The molecule has 0 aliphatic carbocycles. The first-order valence-electron chi connectivity index (χ1n) is 5.18. The molecule has 0 saturated heterocycles. The molecular weight excluding hydrogens is 365 g/mol. The molecule has 0 aliphatic heterocycles. The number of hydrogen-bond donors (Lipinski definition) is 1. The van der Waals surface area contributed by atoms with E-state index in [9.17, 15) is 4.39 Å². The molecule has 0 amide bonds. The topological polar surface area (TPSA) is 35.2 Å². The van der Waals surface area contributed by atoms with E-state index in [0.29, 0.717) is 22.5 Å². The minimum Gasteiger partial charge on any atom is -0.487 e. The lowest BCUT2D eigenvalue weighted by atomic mass is 10.2. The van der Waals surface area contributed by atoms with Crippen molar-refractivity contribution in [2.75, 3.05) is 5.73 Å². The summed E-state index contributed by atoms with van der Waals surface area (Å²) in [6, 6.07) is 9.89. The van der Waals surface area contributed by atoms with Gasteiger partial charge in [0.25, 0.3) is 0 Å². The highest BCUT2D eigenvalue weighted by atomic mass is 79.9. The number of hydrogen-bond acceptors (Lipinski definition) is 2. The second-order valence-electron chi connectivity index (χ2n) is 3.71. The van der Waals surface area contributed by atoms with E-state index in [0.717, 1.165) is 10.0 Å². The average Bonchev–Trinajstić information content (AvgIpc) is 2.30. The molecule has 0 unspecified atom stereocenters. The molecule has 2 nitrogen and oxygen atoms in total. The van der Waals surface area contributed by atoms with Crippen LogP contribution in [-0.2, 0) is 6.61 Å². The van der Waals surface area contributed by atoms with Crippen LogP contribution in [0.3, 0.4) is 0 Å². The van der Waals surface area contributed by atoms with Crippen molar-refractivity contribution in [1.29, 1.82) is 0 Å². The van der Waals surface area contributed by atoms with Crippen LogP contribution < -0.4 is 10.5 Å². The van der Waals surface area contributed by atoms with Gasteiger partial charge < -0.3 is 10.5 Å². The van der Waals surface area contributed by atoms with Gasteiger partial charge in [0.1, 0.15) is 18.2 Å². The molecule has 0 atom stereocenters. The molecule has 2 aromatic rings. The van der Waals surface area contributed by atoms with E-state index in [1.54, 1.807) is 18.2 Å². The third-order valence-corrected chi connectivity index (χ3v) is 3.60. The third-order valence-electron chi connectivity index (χ3n) is 2.37. The van der Waals surface area contributed by atoms with Crippen LogP contribution >= 0.6 is 31.9 Å². The van der Waals surface area contributed by atoms with E-state index in [-0.39, 0.29) is 5.82 Å². The summed E-state index contributed by atoms with van der Waals surface area (Å²) < 4.78 is 20.1. The van der Waals surface area contributed by atoms with Crippen LogP contribution in [0.5, 0.6) is 5.75 Å². The molecule has 0 heterocycles. The Balaban J connectivity index is 2.11. The third kappa shape index (κ3) is 3.23. The molecule has 2 aromatic carbocycles. The first kappa shape index (κ1) is 13.4. The highest BCUT2D eigenvalue weighted by Gasteiger charge is 2.05. The van der Waals surface area contributed by atoms with Crippen molar-refractivity contribution in [2.24, 2.45) is 0 Å². The summed E-state index contributed by atoms with van der Waals surface area (Å²) in [6.07, 6.45) is 0. The molecule has 18 heavy (non-hydrogen) atoms. The van der Waals surface area contributed by atoms with Gasteiger partial charge in [-0.1, -0.05) is 37.9 Å². The van der Waals surface area contributed by atoms with Crippen molar-refractivity contribution >= 4 is 37.5 Å². The predicted molar refractivity (Wildman–Crippen MR) is 77.0 cm³/mol. The molecule has 2 rings (SSSR count). The maximum Gasteiger partial charge on any atom is 0.142 e. The largest absolute Gasteiger partial charge is 0.487 e. The van der Waals surface area contributed by atoms with Crippen molar-refractivity contribution < 1.29 is 9.13 Å². The zero-order valence-electron chi connectivity index (χ0n) is 9.29. The molecule has 2 N–H and O–H groups in total. The van der Waals surface area contributed by atoms with Gasteiger partial charge in [-0.05, 0) is 30.3 Å². The lowest BCUT2D eigenvalue weighted by Gasteiger charge is -2.10. The minimum atomic E-state index is -0.284. The Bertz CT molecular complexity index is 523. The fourth-order valence-corrected chi connectivity index (χ4v) is 2.29. The SMILES string of the molecule is Nc1cc(Br)ccc1OCc1ccc(F)cc1Br. The van der Waals surface area contributed by atoms with Crippen molar-refractivity contribution in [3.05, 3.63) is 56.7 Å². The quantitative estimate of drug-likeness (QED) is 0.802. The molecule has 0 fully saturated rings. The molecule has 5 heteroatoms. The lowest BCUT2D eigenvalue weighted by molar-refractivity contribution is 0.307. The van der Waals surface area contributed by atoms with Gasteiger partial charge in [0.15, 0.2) is 0 Å². The minimum absolute atomic E-state index is 0.284. The van der Waals surface area contributed by atoms with Crippen LogP contribution in [0.15, 0.2) is 45.3 Å². The highest BCUT2D eigenvalue weighted by molar-refractivity contribution is 9.10. The van der Waals surface area contributed by atoms with Crippen LogP contribution in [0, 0.1) is 5.82 Å². The van der Waals surface area contributed by atoms with Crippen molar-refractivity contribution in [3.8, 4) is 5.75 Å². The predicted octanol–water partition coefficient (Wildman–Crippen LogP) is 4.51. The molecule has 0 bridgehead atoms. The summed E-state index contributed by atoms with van der Waals surface area (Å²) >= 11 is 6.62. The molecular formula is C13H10Br2FNO. The van der Waals surface area contributed by atoms with Crippen molar-refractivity contribution in [2.45, 2.75) is 6.61 Å². The van der Waals surface area contributed by atoms with Gasteiger partial charge in [0.2, 0.25) is 0 Å². The van der Waals surface area contributed by atoms with Crippen molar-refractivity contribution in [1.82, 2.24) is 0 Å². The lowest BCUT2D eigenvalue weighted by Crippen LogP contribution is -1.99. The van der Waals surface area contributed by atoms with Gasteiger partial charge in [-0.15, -0.1) is 0 Å². The Morgan fingerprint density at radius 1 is 1.11 bits per heavy atom. The van der Waals surface area contributed by atoms with Gasteiger partial charge in [0.05, 0.1) is 5.69 Å². The number of anilines is 1. The number of nitrogen functional groups attached to an aromatic ring is 1. The van der Waals surface area contributed by atoms with Crippen LogP contribution in [0.25, 0.3) is 0 Å². The Hall–Kier alpha value is -1.07. The fraction of sp³-hybridized carbons (Fsp3) is 0.0769. The van der Waals surface area contributed by atoms with Crippen molar-refractivity contribution in [3.63, 3.8) is 0 Å². The number of benzene rings is 2. The Morgan fingerprint density at radius 3 is 2.56 bits per heavy atom. The van der Waals surface area contributed by atoms with Crippen LogP contribution in [0.2, 0.25) is 0 Å². The molecule has 0 aromatic heterocycles. The Kier molecular flexibility index (Phi) is 4.24. The normalized spacial score (nSPS) is 10.4. The number of halogens is 3. The summed E-state index contributed by atoms with van der Waals surface area (Å²) in [7, 11) is 0. The molecule has 0 aliphatic rings. The summed E-state index contributed by atoms with van der Waals surface area (Å²) in [6.45, 7) is 0.326. The van der Waals surface area contributed by atoms with Gasteiger partial charge >= 0.3 is 0 Å². The maximum atomic E-state index is 12.9. The molecule has 94 valence electrons. The van der Waals surface area contributed by atoms with Gasteiger partial charge in [0, 0.05) is 14.5 Å². The summed E-state index contributed by atoms with van der Waals surface area (Å²) in [5, 5.41) is 0. The second kappa shape index (κ2) is 5.71. The van der Waals surface area contributed by atoms with E-state index in [1.807, 2.05) is 6.07 Å². The maximum absolute atomic E-state index is 12.9. The van der Waals surface area contributed by atoms with E-state index in [4.69, 9.17) is 10.5 Å². The Morgan fingerprint density at radius 2 is 1.89 bits per heavy atom. The Labute approximate surface area is 121 Å². The zero-order valence-corrected chi connectivity index (χ0v) is 12.5. The van der Waals surface area contributed by atoms with Gasteiger partial charge in [-0.2, -0.15) is 0 Å². The summed E-state index contributed by atoms with van der Waals surface area (Å²) in [4.78, 5) is 0. The van der Waals surface area contributed by atoms with E-state index >= 15 is 0 Å². The zero-order chi connectivity index (χ0) is 13.1. The van der Waals surface area contributed by atoms with Gasteiger partial charge in [-0.25, -0.2) is 4.39 Å². The van der Waals surface area contributed by atoms with Crippen LogP contribution in [-0.4, -0.2) is 0 Å². The van der Waals surface area contributed by atoms with Gasteiger partial charge in [-0.3, -0.25) is 0 Å². The summed E-state index contributed by atoms with van der Waals surface area (Å²) in [5.41, 5.74) is 7.24. The second-order valence-corrected chi connectivity index (χ2v) is 5.48. The smallest absolute Gasteiger partial charge is 0.142 e. The number of nitrogens with two attached hydrogens (primary N) is 1. The standard InChI is InChI=1S/C13H10Br2FNO/c14-9-2-4-13(12(17)5-9)18-7-8-1-3-10(16)6-11(8)15/h1-6H,7,17H2. The van der Waals surface area contributed by atoms with E-state index < -0.39 is 0 Å². The fourth-order valence-electron chi connectivity index (χ4n) is 1.45. The first-order chi connectivity index (χ1) is 8.56. The molecule has 0 spiro atoms. The van der Waals surface area contributed by atoms with E-state index in [2.05, 4.69) is 31.9 Å². The average molecular weight is 375 g/mol. The monoisotopic (exact) mass is 373 g/mol. The molecule has 0 saturated carbocycles. The number of ether oxygens (including phenoxy) is 1. The number of rotatable bonds is 3. The first-order valence-corrected chi connectivity index (χ1v) is 6.76. The van der Waals surface area contributed by atoms with Crippen LogP contribution in [0.4, 0.5) is 10.1 Å². The van der Waals surface area contributed by atoms with E-state index in [1.165, 1.54) is 12.1 Å². The highest BCUT2D eigenvalue weighted by Crippen LogP contribution is 2.27. The van der Waals surface area contributed by atoms with Crippen LogP contribution in [0.1, 0.15) is 5.56 Å². The molecule has 0 radical (unpaired) electrons.